The Balaban J connectivity index is 2.96. The Morgan fingerprint density at radius 3 is 2.67 bits per heavy atom. The van der Waals surface area contributed by atoms with Crippen LogP contribution < -0.4 is 4.18 Å². The van der Waals surface area contributed by atoms with Crippen molar-refractivity contribution in [3.8, 4) is 5.75 Å². The van der Waals surface area contributed by atoms with Crippen molar-refractivity contribution in [2.75, 3.05) is 0 Å². The lowest BCUT2D eigenvalue weighted by Gasteiger charge is -2.00. The molecule has 1 unspecified atom stereocenters. The van der Waals surface area contributed by atoms with Crippen molar-refractivity contribution < 1.29 is 17.7 Å². The number of hydrogen-bond donors (Lipinski definition) is 1. The summed E-state index contributed by atoms with van der Waals surface area (Å²) in [6.07, 6.45) is 0.558. The minimum atomic E-state index is -2.39. The molecule has 12 heavy (non-hydrogen) atoms. The SMILES string of the molecule is O=Cc1ccccc1OS(=O)O. The normalized spacial score (nSPS) is 12.1. The van der Waals surface area contributed by atoms with Gasteiger partial charge in [-0.25, -0.2) is 0 Å². The molecule has 0 aliphatic heterocycles. The van der Waals surface area contributed by atoms with Crippen molar-refractivity contribution in [2.24, 2.45) is 0 Å². The molecule has 0 aromatic heterocycles. The van der Waals surface area contributed by atoms with Gasteiger partial charge in [0.1, 0.15) is 0 Å². The van der Waals surface area contributed by atoms with Crippen molar-refractivity contribution in [1.82, 2.24) is 0 Å². The van der Waals surface area contributed by atoms with Crippen LogP contribution in [0.2, 0.25) is 0 Å². The highest BCUT2D eigenvalue weighted by Gasteiger charge is 2.03. The van der Waals surface area contributed by atoms with Crippen molar-refractivity contribution >= 4 is 17.6 Å². The van der Waals surface area contributed by atoms with Gasteiger partial charge < -0.3 is 4.18 Å². The van der Waals surface area contributed by atoms with E-state index in [2.05, 4.69) is 4.18 Å². The number of benzene rings is 1. The summed E-state index contributed by atoms with van der Waals surface area (Å²) in [5.41, 5.74) is 0.250. The standard InChI is InChI=1S/C7H6O4S/c8-5-6-3-1-2-4-7(6)11-12(9)10/h1-5H,(H,9,10). The molecule has 0 amide bonds. The van der Waals surface area contributed by atoms with Crippen LogP contribution in [0.1, 0.15) is 10.4 Å². The van der Waals surface area contributed by atoms with Crippen LogP contribution in [-0.2, 0) is 11.4 Å². The van der Waals surface area contributed by atoms with Gasteiger partial charge in [-0.2, -0.15) is 4.21 Å². The maximum Gasteiger partial charge on any atom is 0.357 e. The van der Waals surface area contributed by atoms with Crippen LogP contribution in [0.4, 0.5) is 0 Å². The minimum absolute atomic E-state index is 0.105. The topological polar surface area (TPSA) is 63.6 Å². The smallest absolute Gasteiger partial charge is 0.357 e. The lowest BCUT2D eigenvalue weighted by Crippen LogP contribution is -1.99. The van der Waals surface area contributed by atoms with Crippen LogP contribution in [0, 0.1) is 0 Å². The summed E-state index contributed by atoms with van der Waals surface area (Å²) in [6.45, 7) is 0. The Bertz CT molecular complexity index is 310. The van der Waals surface area contributed by atoms with Crippen LogP contribution in [-0.4, -0.2) is 15.0 Å². The quantitative estimate of drug-likeness (QED) is 0.565. The highest BCUT2D eigenvalue weighted by Crippen LogP contribution is 2.15. The summed E-state index contributed by atoms with van der Waals surface area (Å²) in [5, 5.41) is 0. The minimum Gasteiger partial charge on any atom is -0.379 e. The van der Waals surface area contributed by atoms with E-state index in [0.717, 1.165) is 0 Å². The van der Waals surface area contributed by atoms with Gasteiger partial charge in [0.25, 0.3) is 0 Å². The zero-order valence-electron chi connectivity index (χ0n) is 5.97. The lowest BCUT2D eigenvalue weighted by atomic mass is 10.2. The highest BCUT2D eigenvalue weighted by molar-refractivity contribution is 7.74. The average molecular weight is 186 g/mol. The summed E-state index contributed by atoms with van der Waals surface area (Å²) in [5.74, 6) is 0.105. The molecule has 4 nitrogen and oxygen atoms in total. The Morgan fingerprint density at radius 1 is 1.42 bits per heavy atom. The van der Waals surface area contributed by atoms with Gasteiger partial charge in [0, 0.05) is 0 Å². The molecule has 0 aliphatic rings. The second kappa shape index (κ2) is 3.99. The Labute approximate surface area is 71.7 Å². The second-order valence-electron chi connectivity index (χ2n) is 1.96. The third-order valence-corrected chi connectivity index (χ3v) is 1.53. The monoisotopic (exact) mass is 186 g/mol. The molecule has 5 heteroatoms. The van der Waals surface area contributed by atoms with Crippen molar-refractivity contribution in [1.29, 1.82) is 0 Å². The van der Waals surface area contributed by atoms with Gasteiger partial charge in [-0.3, -0.25) is 9.35 Å². The number of para-hydroxylation sites is 1. The predicted octanol–water partition coefficient (Wildman–Crippen LogP) is 1.01. The Morgan fingerprint density at radius 2 is 2.08 bits per heavy atom. The fraction of sp³-hybridized carbons (Fsp3) is 0. The predicted molar refractivity (Wildman–Crippen MR) is 43.2 cm³/mol. The summed E-state index contributed by atoms with van der Waals surface area (Å²) in [7, 11) is 0. The van der Waals surface area contributed by atoms with E-state index in [0.29, 0.717) is 6.29 Å². The molecule has 0 saturated heterocycles. The van der Waals surface area contributed by atoms with E-state index >= 15 is 0 Å². The molecular weight excluding hydrogens is 180 g/mol. The van der Waals surface area contributed by atoms with Crippen LogP contribution in [0.3, 0.4) is 0 Å². The molecule has 0 fully saturated rings. The average Bonchev–Trinajstić information content (AvgIpc) is 2.04. The third-order valence-electron chi connectivity index (χ3n) is 1.21. The molecule has 1 aromatic carbocycles. The fourth-order valence-electron chi connectivity index (χ4n) is 0.731. The van der Waals surface area contributed by atoms with E-state index in [9.17, 15) is 9.00 Å². The molecule has 1 aromatic rings. The molecule has 1 rings (SSSR count). The first-order valence-corrected chi connectivity index (χ1v) is 4.10. The van der Waals surface area contributed by atoms with Crippen LogP contribution in [0.15, 0.2) is 24.3 Å². The first-order valence-electron chi connectivity index (χ1n) is 3.07. The molecule has 0 heterocycles. The molecule has 0 spiro atoms. The highest BCUT2D eigenvalue weighted by atomic mass is 32.2. The fourth-order valence-corrected chi connectivity index (χ4v) is 1.04. The largest absolute Gasteiger partial charge is 0.379 e. The van der Waals surface area contributed by atoms with Gasteiger partial charge in [0.05, 0.1) is 5.56 Å². The van der Waals surface area contributed by atoms with Gasteiger partial charge in [-0.05, 0) is 12.1 Å². The van der Waals surface area contributed by atoms with E-state index < -0.39 is 11.4 Å². The van der Waals surface area contributed by atoms with Crippen LogP contribution in [0.5, 0.6) is 5.75 Å². The number of rotatable bonds is 3. The van der Waals surface area contributed by atoms with Gasteiger partial charge in [-0.1, -0.05) is 12.1 Å². The van der Waals surface area contributed by atoms with Crippen LogP contribution in [0.25, 0.3) is 0 Å². The molecule has 0 radical (unpaired) electrons. The number of hydrogen-bond acceptors (Lipinski definition) is 3. The van der Waals surface area contributed by atoms with Crippen molar-refractivity contribution in [3.63, 3.8) is 0 Å². The van der Waals surface area contributed by atoms with Crippen molar-refractivity contribution in [3.05, 3.63) is 29.8 Å². The van der Waals surface area contributed by atoms with Crippen LogP contribution >= 0.6 is 0 Å². The summed E-state index contributed by atoms with van der Waals surface area (Å²) in [4.78, 5) is 10.3. The molecule has 1 N–H and O–H groups in total. The van der Waals surface area contributed by atoms with Gasteiger partial charge in [0.15, 0.2) is 12.0 Å². The van der Waals surface area contributed by atoms with E-state index in [1.807, 2.05) is 0 Å². The third kappa shape index (κ3) is 2.14. The first-order chi connectivity index (χ1) is 5.74. The maximum absolute atomic E-state index is 10.3. The summed E-state index contributed by atoms with van der Waals surface area (Å²) >= 11 is -2.39. The molecule has 64 valence electrons. The zero-order chi connectivity index (χ0) is 8.97. The van der Waals surface area contributed by atoms with Gasteiger partial charge in [-0.15, -0.1) is 0 Å². The number of carbonyl (C=O) groups is 1. The number of carbonyl (C=O) groups excluding carboxylic acids is 1. The lowest BCUT2D eigenvalue weighted by molar-refractivity contribution is 0.112. The zero-order valence-corrected chi connectivity index (χ0v) is 6.78. The Hall–Kier alpha value is -1.20. The van der Waals surface area contributed by atoms with Gasteiger partial charge >= 0.3 is 11.4 Å². The van der Waals surface area contributed by atoms with E-state index in [1.54, 1.807) is 12.1 Å². The molecule has 0 aliphatic carbocycles. The molecule has 0 saturated carbocycles. The van der Waals surface area contributed by atoms with Gasteiger partial charge in [0.2, 0.25) is 0 Å². The van der Waals surface area contributed by atoms with E-state index in [4.69, 9.17) is 4.55 Å². The van der Waals surface area contributed by atoms with E-state index in [-0.39, 0.29) is 11.3 Å². The molecular formula is C7H6O4S. The second-order valence-corrected chi connectivity index (χ2v) is 2.56. The van der Waals surface area contributed by atoms with Crippen molar-refractivity contribution in [2.45, 2.75) is 0 Å². The maximum atomic E-state index is 10.3. The summed E-state index contributed by atoms with van der Waals surface area (Å²) < 4.78 is 23.0. The number of aldehydes is 1. The summed E-state index contributed by atoms with van der Waals surface area (Å²) in [6, 6.07) is 6.18. The molecule has 1 atom stereocenters. The molecule has 0 bridgehead atoms. The first kappa shape index (κ1) is 8.89. The Kier molecular flexibility index (Phi) is 2.95. The van der Waals surface area contributed by atoms with E-state index in [1.165, 1.54) is 12.1 Å².